The molecule has 1 rings (SSSR count). The second-order valence-corrected chi connectivity index (χ2v) is 2.83. The average molecular weight is 167 g/mol. The summed E-state index contributed by atoms with van der Waals surface area (Å²) in [4.78, 5) is 10.6. The maximum Gasteiger partial charge on any atom is 0.405 e. The van der Waals surface area contributed by atoms with Crippen LogP contribution in [0.4, 0.5) is 4.79 Å². The predicted molar refractivity (Wildman–Crippen MR) is 46.6 cm³/mol. The minimum absolute atomic E-state index is 0.499. The molecule has 0 unspecified atom stereocenters. The zero-order chi connectivity index (χ0) is 9.03. The van der Waals surface area contributed by atoms with Gasteiger partial charge in [-0.2, -0.15) is 0 Å². The monoisotopic (exact) mass is 167 g/mol. The van der Waals surface area contributed by atoms with Crippen molar-refractivity contribution < 1.29 is 9.53 Å². The molecule has 0 aromatic rings. The van der Waals surface area contributed by atoms with Crippen LogP contribution in [0, 0.1) is 0 Å². The quantitative estimate of drug-likeness (QED) is 0.681. The summed E-state index contributed by atoms with van der Waals surface area (Å²) < 4.78 is 5.03. The summed E-state index contributed by atoms with van der Waals surface area (Å²) >= 11 is 0. The standard InChI is InChI=1S/C9H13NO2/c1-2-9(12-8(10)11)6-4-3-5-7-9/h3-6H,2,7H2,1H3,(H2,10,11)/t9-/m1/s1. The van der Waals surface area contributed by atoms with Crippen molar-refractivity contribution >= 4 is 6.09 Å². The molecule has 0 aromatic carbocycles. The zero-order valence-electron chi connectivity index (χ0n) is 7.12. The molecule has 0 aromatic heterocycles. The van der Waals surface area contributed by atoms with Gasteiger partial charge in [0.25, 0.3) is 0 Å². The molecule has 12 heavy (non-hydrogen) atoms. The van der Waals surface area contributed by atoms with Gasteiger partial charge in [0.05, 0.1) is 0 Å². The van der Waals surface area contributed by atoms with Crippen LogP contribution < -0.4 is 5.73 Å². The van der Waals surface area contributed by atoms with E-state index >= 15 is 0 Å². The van der Waals surface area contributed by atoms with Crippen LogP contribution in [0.15, 0.2) is 24.3 Å². The summed E-state index contributed by atoms with van der Waals surface area (Å²) in [5.41, 5.74) is 4.47. The topological polar surface area (TPSA) is 52.3 Å². The zero-order valence-corrected chi connectivity index (χ0v) is 7.12. The van der Waals surface area contributed by atoms with E-state index in [4.69, 9.17) is 10.5 Å². The largest absolute Gasteiger partial charge is 0.439 e. The first-order chi connectivity index (χ1) is 5.68. The van der Waals surface area contributed by atoms with Gasteiger partial charge in [-0.1, -0.05) is 25.2 Å². The lowest BCUT2D eigenvalue weighted by Gasteiger charge is -2.28. The molecule has 0 aliphatic heterocycles. The third-order valence-corrected chi connectivity index (χ3v) is 2.01. The van der Waals surface area contributed by atoms with Gasteiger partial charge in [0.15, 0.2) is 0 Å². The van der Waals surface area contributed by atoms with Crippen LogP contribution in [0.3, 0.4) is 0 Å². The fourth-order valence-corrected chi connectivity index (χ4v) is 1.26. The molecule has 3 heteroatoms. The van der Waals surface area contributed by atoms with E-state index in [9.17, 15) is 4.79 Å². The van der Waals surface area contributed by atoms with Gasteiger partial charge in [0, 0.05) is 6.42 Å². The molecule has 1 atom stereocenters. The van der Waals surface area contributed by atoms with Gasteiger partial charge in [-0.25, -0.2) is 4.79 Å². The highest BCUT2D eigenvalue weighted by Gasteiger charge is 2.28. The number of hydrogen-bond donors (Lipinski definition) is 1. The van der Waals surface area contributed by atoms with Gasteiger partial charge in [-0.15, -0.1) is 0 Å². The Balaban J connectivity index is 2.69. The second-order valence-electron chi connectivity index (χ2n) is 2.83. The maximum atomic E-state index is 10.6. The molecule has 3 nitrogen and oxygen atoms in total. The van der Waals surface area contributed by atoms with Gasteiger partial charge >= 0.3 is 6.09 Å². The Morgan fingerprint density at radius 3 is 2.83 bits per heavy atom. The highest BCUT2D eigenvalue weighted by Crippen LogP contribution is 2.25. The van der Waals surface area contributed by atoms with E-state index in [1.165, 1.54) is 0 Å². The molecule has 0 saturated carbocycles. The normalized spacial score (nSPS) is 27.1. The second kappa shape index (κ2) is 3.43. The Morgan fingerprint density at radius 2 is 2.42 bits per heavy atom. The molecule has 2 N–H and O–H groups in total. The van der Waals surface area contributed by atoms with Crippen molar-refractivity contribution in [1.82, 2.24) is 0 Å². The minimum Gasteiger partial charge on any atom is -0.439 e. The number of carbonyl (C=O) groups excluding carboxylic acids is 1. The van der Waals surface area contributed by atoms with Crippen molar-refractivity contribution in [2.75, 3.05) is 0 Å². The van der Waals surface area contributed by atoms with Crippen LogP contribution in [0.5, 0.6) is 0 Å². The number of primary amides is 1. The van der Waals surface area contributed by atoms with Crippen LogP contribution in [-0.4, -0.2) is 11.7 Å². The first kappa shape index (κ1) is 8.84. The van der Waals surface area contributed by atoms with E-state index in [1.807, 2.05) is 31.2 Å². The summed E-state index contributed by atoms with van der Waals surface area (Å²) in [5.74, 6) is 0. The van der Waals surface area contributed by atoms with Crippen molar-refractivity contribution in [3.63, 3.8) is 0 Å². The SMILES string of the molecule is CC[C@@]1(OC(N)=O)C=CC=CC1. The van der Waals surface area contributed by atoms with Gasteiger partial charge in [0.2, 0.25) is 0 Å². The summed E-state index contributed by atoms with van der Waals surface area (Å²) in [6.45, 7) is 1.96. The average Bonchev–Trinajstić information content (AvgIpc) is 2.05. The third-order valence-electron chi connectivity index (χ3n) is 2.01. The Morgan fingerprint density at radius 1 is 1.67 bits per heavy atom. The summed E-state index contributed by atoms with van der Waals surface area (Å²) in [6, 6.07) is 0. The Kier molecular flexibility index (Phi) is 2.53. The van der Waals surface area contributed by atoms with Crippen LogP contribution >= 0.6 is 0 Å². The molecule has 0 saturated heterocycles. The molecule has 1 aliphatic carbocycles. The molecule has 66 valence electrons. The minimum atomic E-state index is -0.711. The van der Waals surface area contributed by atoms with E-state index in [0.717, 1.165) is 6.42 Å². The Labute approximate surface area is 71.9 Å². The van der Waals surface area contributed by atoms with Gasteiger partial charge in [-0.05, 0) is 12.5 Å². The first-order valence-corrected chi connectivity index (χ1v) is 4.01. The number of amides is 1. The summed E-state index contributed by atoms with van der Waals surface area (Å²) in [6.07, 6.45) is 8.38. The highest BCUT2D eigenvalue weighted by molar-refractivity contribution is 5.65. The van der Waals surface area contributed by atoms with E-state index in [1.54, 1.807) is 0 Å². The molecule has 0 heterocycles. The molecule has 0 spiro atoms. The van der Waals surface area contributed by atoms with Crippen molar-refractivity contribution in [1.29, 1.82) is 0 Å². The number of rotatable bonds is 2. The van der Waals surface area contributed by atoms with Crippen LogP contribution in [0.1, 0.15) is 19.8 Å². The fraction of sp³-hybridized carbons (Fsp3) is 0.444. The molecule has 1 amide bonds. The highest BCUT2D eigenvalue weighted by atomic mass is 16.6. The molecular weight excluding hydrogens is 154 g/mol. The van der Waals surface area contributed by atoms with E-state index < -0.39 is 11.7 Å². The lowest BCUT2D eigenvalue weighted by atomic mass is 9.92. The molecule has 0 fully saturated rings. The van der Waals surface area contributed by atoms with Crippen molar-refractivity contribution in [3.8, 4) is 0 Å². The van der Waals surface area contributed by atoms with E-state index in [-0.39, 0.29) is 0 Å². The van der Waals surface area contributed by atoms with E-state index in [2.05, 4.69) is 0 Å². The lowest BCUT2D eigenvalue weighted by Crippen LogP contribution is -2.35. The van der Waals surface area contributed by atoms with Crippen LogP contribution in [0.2, 0.25) is 0 Å². The van der Waals surface area contributed by atoms with Gasteiger partial charge < -0.3 is 10.5 Å². The lowest BCUT2D eigenvalue weighted by molar-refractivity contribution is 0.0520. The number of nitrogens with two attached hydrogens (primary N) is 1. The van der Waals surface area contributed by atoms with Gasteiger partial charge in [-0.3, -0.25) is 0 Å². The summed E-state index contributed by atoms with van der Waals surface area (Å²) in [5, 5.41) is 0. The number of hydrogen-bond acceptors (Lipinski definition) is 2. The molecule has 0 bridgehead atoms. The van der Waals surface area contributed by atoms with Crippen molar-refractivity contribution in [2.24, 2.45) is 5.73 Å². The summed E-state index contributed by atoms with van der Waals surface area (Å²) in [7, 11) is 0. The van der Waals surface area contributed by atoms with Gasteiger partial charge in [0.1, 0.15) is 5.60 Å². The molecular formula is C9H13NO2. The smallest absolute Gasteiger partial charge is 0.405 e. The number of carbonyl (C=O) groups is 1. The molecule has 1 aliphatic rings. The first-order valence-electron chi connectivity index (χ1n) is 4.01. The predicted octanol–water partition coefficient (Wildman–Crippen LogP) is 1.75. The Bertz CT molecular complexity index is 233. The van der Waals surface area contributed by atoms with Crippen LogP contribution in [0.25, 0.3) is 0 Å². The number of allylic oxidation sites excluding steroid dienone is 2. The van der Waals surface area contributed by atoms with Crippen LogP contribution in [-0.2, 0) is 4.74 Å². The van der Waals surface area contributed by atoms with E-state index in [0.29, 0.717) is 6.42 Å². The van der Waals surface area contributed by atoms with Crippen molar-refractivity contribution in [3.05, 3.63) is 24.3 Å². The Hall–Kier alpha value is -1.25. The number of ether oxygens (including phenoxy) is 1. The fourth-order valence-electron chi connectivity index (χ4n) is 1.26. The molecule has 0 radical (unpaired) electrons. The third kappa shape index (κ3) is 1.87. The van der Waals surface area contributed by atoms with Crippen molar-refractivity contribution in [2.45, 2.75) is 25.4 Å². The maximum absolute atomic E-state index is 10.6.